The minimum atomic E-state index is 0.450. The Morgan fingerprint density at radius 2 is 2.24 bits per heavy atom. The predicted molar refractivity (Wildman–Crippen MR) is 85.4 cm³/mol. The van der Waals surface area contributed by atoms with Gasteiger partial charge in [0, 0.05) is 18.8 Å². The lowest BCUT2D eigenvalue weighted by atomic mass is 10.0. The molecule has 0 N–H and O–H groups in total. The number of hydrogen-bond acceptors (Lipinski definition) is 2. The van der Waals surface area contributed by atoms with E-state index in [0.29, 0.717) is 16.9 Å². The van der Waals surface area contributed by atoms with Crippen LogP contribution in [0.15, 0.2) is 18.2 Å². The number of nitrogens with zero attached hydrogens (tertiary/aromatic N) is 3. The molecule has 0 aliphatic heterocycles. The third-order valence-corrected chi connectivity index (χ3v) is 4.69. The summed E-state index contributed by atoms with van der Waals surface area (Å²) in [4.78, 5) is 4.72. The van der Waals surface area contributed by atoms with Gasteiger partial charge < -0.3 is 4.57 Å². The highest BCUT2D eigenvalue weighted by molar-refractivity contribution is 6.17. The molecule has 0 amide bonds. The number of aryl methyl sites for hydroxylation is 1. The third-order valence-electron chi connectivity index (χ3n) is 4.51. The molecule has 0 unspecified atom stereocenters. The number of nitriles is 1. The zero-order valence-electron chi connectivity index (χ0n) is 12.4. The van der Waals surface area contributed by atoms with Gasteiger partial charge in [-0.15, -0.1) is 11.6 Å². The summed E-state index contributed by atoms with van der Waals surface area (Å²) in [5, 5.41) is 9.13. The van der Waals surface area contributed by atoms with Crippen LogP contribution in [0.2, 0.25) is 0 Å². The summed E-state index contributed by atoms with van der Waals surface area (Å²) >= 11 is 5.94. The van der Waals surface area contributed by atoms with Crippen LogP contribution in [-0.4, -0.2) is 15.4 Å². The van der Waals surface area contributed by atoms with Crippen LogP contribution in [0, 0.1) is 16.7 Å². The zero-order valence-corrected chi connectivity index (χ0v) is 13.2. The van der Waals surface area contributed by atoms with Gasteiger partial charge in [-0.2, -0.15) is 5.26 Å². The molecule has 110 valence electrons. The van der Waals surface area contributed by atoms with Crippen molar-refractivity contribution < 1.29 is 0 Å². The molecule has 0 radical (unpaired) electrons. The fourth-order valence-corrected chi connectivity index (χ4v) is 3.39. The van der Waals surface area contributed by atoms with Crippen molar-refractivity contribution in [3.05, 3.63) is 29.6 Å². The van der Waals surface area contributed by atoms with Crippen molar-refractivity contribution in [1.29, 1.82) is 5.26 Å². The van der Waals surface area contributed by atoms with E-state index in [1.807, 2.05) is 18.2 Å². The van der Waals surface area contributed by atoms with Gasteiger partial charge in [-0.1, -0.05) is 13.3 Å². The number of halogens is 1. The molecule has 0 atom stereocenters. The second-order valence-electron chi connectivity index (χ2n) is 6.12. The summed E-state index contributed by atoms with van der Waals surface area (Å²) in [5.74, 6) is 1.63. The van der Waals surface area contributed by atoms with Gasteiger partial charge in [-0.25, -0.2) is 4.98 Å². The van der Waals surface area contributed by atoms with E-state index in [4.69, 9.17) is 21.8 Å². The van der Waals surface area contributed by atoms with E-state index >= 15 is 0 Å². The minimum Gasteiger partial charge on any atom is -0.327 e. The third kappa shape index (κ3) is 2.78. The van der Waals surface area contributed by atoms with Crippen LogP contribution in [-0.2, 0) is 13.0 Å². The van der Waals surface area contributed by atoms with E-state index in [9.17, 15) is 0 Å². The fourth-order valence-electron chi connectivity index (χ4n) is 3.22. The molecule has 1 aromatic heterocycles. The van der Waals surface area contributed by atoms with E-state index < -0.39 is 0 Å². The molecule has 1 saturated carbocycles. The van der Waals surface area contributed by atoms with Crippen molar-refractivity contribution in [3.63, 3.8) is 0 Å². The molecule has 1 heterocycles. The predicted octanol–water partition coefficient (Wildman–Crippen LogP) is 4.27. The minimum absolute atomic E-state index is 0.450. The lowest BCUT2D eigenvalue weighted by molar-refractivity contribution is 0.387. The molecule has 0 bridgehead atoms. The van der Waals surface area contributed by atoms with E-state index in [0.717, 1.165) is 29.8 Å². The van der Waals surface area contributed by atoms with Gasteiger partial charge in [0.15, 0.2) is 0 Å². The van der Waals surface area contributed by atoms with E-state index in [-0.39, 0.29) is 0 Å². The number of hydrogen-bond donors (Lipinski definition) is 0. The normalized spacial score (nSPS) is 16.0. The SMILES string of the molecule is CCCC1(Cn2c(CCCl)nc3ccc(C#N)cc32)CC1. The zero-order chi connectivity index (χ0) is 14.9. The molecule has 0 spiro atoms. The molecule has 21 heavy (non-hydrogen) atoms. The molecule has 1 fully saturated rings. The second-order valence-corrected chi connectivity index (χ2v) is 6.50. The van der Waals surface area contributed by atoms with Crippen LogP contribution in [0.3, 0.4) is 0 Å². The standard InChI is InChI=1S/C17H20ClN3/c1-2-6-17(7-8-17)12-21-15-10-13(11-19)3-4-14(15)20-16(21)5-9-18/h3-4,10H,2,5-9,12H2,1H3. The molecule has 1 aliphatic carbocycles. The average Bonchev–Trinajstić information content (AvgIpc) is 3.17. The van der Waals surface area contributed by atoms with Crippen molar-refractivity contribution in [1.82, 2.24) is 9.55 Å². The molecule has 3 nitrogen and oxygen atoms in total. The van der Waals surface area contributed by atoms with Gasteiger partial charge in [0.05, 0.1) is 22.7 Å². The maximum absolute atomic E-state index is 9.13. The van der Waals surface area contributed by atoms with Gasteiger partial charge in [-0.05, 0) is 42.9 Å². The Hall–Kier alpha value is -1.53. The van der Waals surface area contributed by atoms with Gasteiger partial charge >= 0.3 is 0 Å². The Bertz CT molecular complexity index is 692. The average molecular weight is 302 g/mol. The van der Waals surface area contributed by atoms with Crippen LogP contribution in [0.25, 0.3) is 11.0 Å². The van der Waals surface area contributed by atoms with Crippen molar-refractivity contribution in [2.75, 3.05) is 5.88 Å². The van der Waals surface area contributed by atoms with Crippen LogP contribution < -0.4 is 0 Å². The Balaban J connectivity index is 2.04. The maximum Gasteiger partial charge on any atom is 0.111 e. The molecule has 2 aromatic rings. The molecule has 4 heteroatoms. The fraction of sp³-hybridized carbons (Fsp3) is 0.529. The Kier molecular flexibility index (Phi) is 3.91. The first-order chi connectivity index (χ1) is 10.2. The van der Waals surface area contributed by atoms with Gasteiger partial charge in [0.25, 0.3) is 0 Å². The Morgan fingerprint density at radius 3 is 2.86 bits per heavy atom. The smallest absolute Gasteiger partial charge is 0.111 e. The quantitative estimate of drug-likeness (QED) is 0.748. The van der Waals surface area contributed by atoms with Crippen molar-refractivity contribution in [2.45, 2.75) is 45.6 Å². The number of benzene rings is 1. The largest absolute Gasteiger partial charge is 0.327 e. The maximum atomic E-state index is 9.13. The van der Waals surface area contributed by atoms with Crippen LogP contribution >= 0.6 is 11.6 Å². The van der Waals surface area contributed by atoms with Crippen LogP contribution in [0.1, 0.15) is 44.0 Å². The number of imidazole rings is 1. The summed E-state index contributed by atoms with van der Waals surface area (Å²) in [6, 6.07) is 7.97. The summed E-state index contributed by atoms with van der Waals surface area (Å²) in [6.07, 6.45) is 5.88. The van der Waals surface area contributed by atoms with Gasteiger partial charge in [-0.3, -0.25) is 0 Å². The number of alkyl halides is 1. The first-order valence-corrected chi connectivity index (χ1v) is 8.20. The molecule has 1 aliphatic rings. The second kappa shape index (κ2) is 5.69. The van der Waals surface area contributed by atoms with Crippen molar-refractivity contribution >= 4 is 22.6 Å². The van der Waals surface area contributed by atoms with E-state index in [1.54, 1.807) is 0 Å². The summed E-state index contributed by atoms with van der Waals surface area (Å²) in [6.45, 7) is 3.26. The van der Waals surface area contributed by atoms with Crippen LogP contribution in [0.5, 0.6) is 0 Å². The first-order valence-electron chi connectivity index (χ1n) is 7.66. The number of rotatable bonds is 6. The Morgan fingerprint density at radius 1 is 1.43 bits per heavy atom. The lowest BCUT2D eigenvalue weighted by Crippen LogP contribution is -2.14. The Labute approximate surface area is 130 Å². The highest BCUT2D eigenvalue weighted by atomic mass is 35.5. The highest BCUT2D eigenvalue weighted by Gasteiger charge is 2.42. The van der Waals surface area contributed by atoms with E-state index in [1.165, 1.54) is 25.7 Å². The monoisotopic (exact) mass is 301 g/mol. The molecule has 3 rings (SSSR count). The van der Waals surface area contributed by atoms with E-state index in [2.05, 4.69) is 17.6 Å². The first kappa shape index (κ1) is 14.4. The lowest BCUT2D eigenvalue weighted by Gasteiger charge is -2.17. The summed E-state index contributed by atoms with van der Waals surface area (Å²) < 4.78 is 2.31. The number of fused-ring (bicyclic) bond motifs is 1. The van der Waals surface area contributed by atoms with Crippen molar-refractivity contribution in [3.8, 4) is 6.07 Å². The summed E-state index contributed by atoms with van der Waals surface area (Å²) in [7, 11) is 0. The number of aromatic nitrogens is 2. The molecular weight excluding hydrogens is 282 g/mol. The molecule has 1 aromatic carbocycles. The molecular formula is C17H20ClN3. The highest BCUT2D eigenvalue weighted by Crippen LogP contribution is 2.51. The van der Waals surface area contributed by atoms with Gasteiger partial charge in [0.2, 0.25) is 0 Å². The van der Waals surface area contributed by atoms with Crippen molar-refractivity contribution in [2.24, 2.45) is 5.41 Å². The molecule has 0 saturated heterocycles. The summed E-state index contributed by atoms with van der Waals surface area (Å²) in [5.41, 5.74) is 3.20. The topological polar surface area (TPSA) is 41.6 Å². The van der Waals surface area contributed by atoms with Gasteiger partial charge in [0.1, 0.15) is 5.82 Å². The van der Waals surface area contributed by atoms with Crippen LogP contribution in [0.4, 0.5) is 0 Å².